The third kappa shape index (κ3) is 4.59. The molecule has 0 aliphatic carbocycles. The molecule has 0 atom stereocenters. The zero-order valence-corrected chi connectivity index (χ0v) is 18.2. The molecule has 0 spiro atoms. The summed E-state index contributed by atoms with van der Waals surface area (Å²) in [6.45, 7) is 1.02. The number of carbonyl (C=O) groups is 2. The number of ether oxygens (including phenoxy) is 2. The van der Waals surface area contributed by atoms with Gasteiger partial charge >= 0.3 is 0 Å². The fourth-order valence-corrected chi connectivity index (χ4v) is 3.88. The molecule has 32 heavy (non-hydrogen) atoms. The highest BCUT2D eigenvalue weighted by atomic mass is 16.5. The first kappa shape index (κ1) is 21.4. The molecule has 1 N–H and O–H groups in total. The summed E-state index contributed by atoms with van der Waals surface area (Å²) < 4.78 is 12.3. The maximum atomic E-state index is 13.0. The molecule has 0 bridgehead atoms. The molecule has 8 heteroatoms. The maximum absolute atomic E-state index is 13.0. The van der Waals surface area contributed by atoms with Crippen molar-refractivity contribution in [1.29, 1.82) is 0 Å². The van der Waals surface area contributed by atoms with Crippen LogP contribution in [0.5, 0.6) is 11.5 Å². The Morgan fingerprint density at radius 2 is 1.69 bits per heavy atom. The topological polar surface area (TPSA) is 85.7 Å². The Bertz CT molecular complexity index is 1070. The van der Waals surface area contributed by atoms with Gasteiger partial charge in [-0.2, -0.15) is 5.10 Å². The van der Waals surface area contributed by atoms with Crippen LogP contribution >= 0.6 is 0 Å². The van der Waals surface area contributed by atoms with E-state index in [2.05, 4.69) is 10.4 Å². The van der Waals surface area contributed by atoms with E-state index in [9.17, 15) is 9.59 Å². The number of anilines is 1. The van der Waals surface area contributed by atoms with Gasteiger partial charge in [0.1, 0.15) is 11.5 Å². The van der Waals surface area contributed by atoms with Gasteiger partial charge in [-0.15, -0.1) is 0 Å². The lowest BCUT2D eigenvalue weighted by Gasteiger charge is -2.31. The van der Waals surface area contributed by atoms with E-state index in [0.29, 0.717) is 48.7 Å². The summed E-state index contributed by atoms with van der Waals surface area (Å²) in [6.07, 6.45) is 4.73. The van der Waals surface area contributed by atoms with E-state index >= 15 is 0 Å². The third-order valence-electron chi connectivity index (χ3n) is 5.66. The minimum atomic E-state index is -0.162. The summed E-state index contributed by atoms with van der Waals surface area (Å²) >= 11 is 0. The lowest BCUT2D eigenvalue weighted by Crippen LogP contribution is -2.41. The highest BCUT2D eigenvalue weighted by Gasteiger charge is 2.28. The molecule has 2 aromatic carbocycles. The lowest BCUT2D eigenvalue weighted by molar-refractivity contribution is -0.121. The van der Waals surface area contributed by atoms with Crippen molar-refractivity contribution in [3.05, 3.63) is 66.5 Å². The maximum Gasteiger partial charge on any atom is 0.254 e. The molecule has 0 radical (unpaired) electrons. The second-order valence-electron chi connectivity index (χ2n) is 7.62. The van der Waals surface area contributed by atoms with Crippen molar-refractivity contribution in [2.45, 2.75) is 12.8 Å². The first-order valence-corrected chi connectivity index (χ1v) is 10.5. The van der Waals surface area contributed by atoms with Crippen molar-refractivity contribution in [3.8, 4) is 17.2 Å². The van der Waals surface area contributed by atoms with E-state index in [1.54, 1.807) is 48.2 Å². The van der Waals surface area contributed by atoms with Crippen molar-refractivity contribution in [2.24, 2.45) is 5.92 Å². The van der Waals surface area contributed by atoms with Gasteiger partial charge in [0, 0.05) is 43.0 Å². The zero-order valence-electron chi connectivity index (χ0n) is 18.2. The van der Waals surface area contributed by atoms with Crippen LogP contribution in [0.2, 0.25) is 0 Å². The molecule has 3 aromatic rings. The zero-order chi connectivity index (χ0) is 22.5. The smallest absolute Gasteiger partial charge is 0.254 e. The normalized spacial score (nSPS) is 14.1. The molecule has 0 unspecified atom stereocenters. The average molecular weight is 434 g/mol. The Labute approximate surface area is 186 Å². The molecule has 8 nitrogen and oxygen atoms in total. The number of rotatable bonds is 6. The quantitative estimate of drug-likeness (QED) is 0.643. The van der Waals surface area contributed by atoms with Crippen LogP contribution in [0.15, 0.2) is 60.9 Å². The summed E-state index contributed by atoms with van der Waals surface area (Å²) in [5, 5.41) is 7.29. The van der Waals surface area contributed by atoms with Crippen molar-refractivity contribution < 1.29 is 19.1 Å². The Morgan fingerprint density at radius 1 is 1.00 bits per heavy atom. The molecule has 1 aliphatic heterocycles. The molecule has 166 valence electrons. The van der Waals surface area contributed by atoms with Crippen LogP contribution in [0, 0.1) is 5.92 Å². The van der Waals surface area contributed by atoms with Crippen molar-refractivity contribution in [3.63, 3.8) is 0 Å². The molecule has 1 aliphatic rings. The van der Waals surface area contributed by atoms with Crippen LogP contribution in [0.25, 0.3) is 5.69 Å². The van der Waals surface area contributed by atoms with Gasteiger partial charge in [-0.25, -0.2) is 4.68 Å². The first-order valence-electron chi connectivity index (χ1n) is 10.5. The second-order valence-corrected chi connectivity index (χ2v) is 7.62. The fourth-order valence-electron chi connectivity index (χ4n) is 3.88. The van der Waals surface area contributed by atoms with E-state index in [4.69, 9.17) is 9.47 Å². The number of hydrogen-bond acceptors (Lipinski definition) is 5. The number of amides is 2. The van der Waals surface area contributed by atoms with E-state index < -0.39 is 0 Å². The highest BCUT2D eigenvalue weighted by molar-refractivity contribution is 5.96. The van der Waals surface area contributed by atoms with Gasteiger partial charge in [-0.3, -0.25) is 9.59 Å². The van der Waals surface area contributed by atoms with Gasteiger partial charge in [0.25, 0.3) is 5.91 Å². The molecule has 2 amide bonds. The standard InChI is InChI=1S/C24H26N4O4/c1-31-19-14-18(15-20(16-19)32-2)24(30)27-12-8-17(9-13-27)23(29)26-21-6-3-4-7-22(21)28-11-5-10-25-28/h3-7,10-11,14-17H,8-9,12-13H2,1-2H3,(H,26,29). The molecular formula is C24H26N4O4. The number of carbonyl (C=O) groups excluding carboxylic acids is 2. The first-order chi connectivity index (χ1) is 15.6. The number of para-hydroxylation sites is 2. The minimum Gasteiger partial charge on any atom is -0.497 e. The van der Waals surface area contributed by atoms with Crippen molar-refractivity contribution in [1.82, 2.24) is 14.7 Å². The fraction of sp³-hybridized carbons (Fsp3) is 0.292. The van der Waals surface area contributed by atoms with Gasteiger partial charge in [0.05, 0.1) is 25.6 Å². The van der Waals surface area contributed by atoms with Crippen LogP contribution in [0.1, 0.15) is 23.2 Å². The Hall–Kier alpha value is -3.81. The van der Waals surface area contributed by atoms with Gasteiger partial charge in [-0.1, -0.05) is 12.1 Å². The minimum absolute atomic E-state index is 0.0419. The van der Waals surface area contributed by atoms with Crippen LogP contribution in [-0.2, 0) is 4.79 Å². The van der Waals surface area contributed by atoms with E-state index in [1.165, 1.54) is 0 Å². The molecule has 0 saturated carbocycles. The summed E-state index contributed by atoms with van der Waals surface area (Å²) in [5.74, 6) is 0.838. The summed E-state index contributed by atoms with van der Waals surface area (Å²) in [6, 6.07) is 14.5. The third-order valence-corrected chi connectivity index (χ3v) is 5.66. The molecule has 4 rings (SSSR count). The predicted molar refractivity (Wildman–Crippen MR) is 120 cm³/mol. The lowest BCUT2D eigenvalue weighted by atomic mass is 9.95. The number of aromatic nitrogens is 2. The van der Waals surface area contributed by atoms with Crippen molar-refractivity contribution in [2.75, 3.05) is 32.6 Å². The van der Waals surface area contributed by atoms with Crippen LogP contribution < -0.4 is 14.8 Å². The predicted octanol–water partition coefficient (Wildman–Crippen LogP) is 3.38. The Kier molecular flexibility index (Phi) is 6.39. The van der Waals surface area contributed by atoms with E-state index in [0.717, 1.165) is 5.69 Å². The van der Waals surface area contributed by atoms with Crippen LogP contribution in [0.3, 0.4) is 0 Å². The largest absolute Gasteiger partial charge is 0.497 e. The van der Waals surface area contributed by atoms with Crippen LogP contribution in [0.4, 0.5) is 5.69 Å². The highest BCUT2D eigenvalue weighted by Crippen LogP contribution is 2.27. The number of nitrogens with zero attached hydrogens (tertiary/aromatic N) is 3. The van der Waals surface area contributed by atoms with Gasteiger partial charge in [0.2, 0.25) is 5.91 Å². The number of piperidine rings is 1. The summed E-state index contributed by atoms with van der Waals surface area (Å²) in [7, 11) is 3.11. The number of hydrogen-bond donors (Lipinski definition) is 1. The molecule has 1 fully saturated rings. The van der Waals surface area contributed by atoms with E-state index in [1.807, 2.05) is 36.5 Å². The molecular weight excluding hydrogens is 408 g/mol. The summed E-state index contributed by atoms with van der Waals surface area (Å²) in [4.78, 5) is 27.7. The number of methoxy groups -OCH3 is 2. The molecule has 2 heterocycles. The number of likely N-dealkylation sites (tertiary alicyclic amines) is 1. The second kappa shape index (κ2) is 9.55. The van der Waals surface area contributed by atoms with E-state index in [-0.39, 0.29) is 17.7 Å². The Morgan fingerprint density at radius 3 is 2.31 bits per heavy atom. The van der Waals surface area contributed by atoms with Gasteiger partial charge < -0.3 is 19.7 Å². The number of nitrogens with one attached hydrogen (secondary N) is 1. The molecule has 1 saturated heterocycles. The van der Waals surface area contributed by atoms with Crippen LogP contribution in [-0.4, -0.2) is 53.8 Å². The summed E-state index contributed by atoms with van der Waals surface area (Å²) in [5.41, 5.74) is 2.03. The SMILES string of the molecule is COc1cc(OC)cc(C(=O)N2CCC(C(=O)Nc3ccccc3-n3cccn3)CC2)c1. The molecule has 1 aromatic heterocycles. The van der Waals surface area contributed by atoms with Gasteiger partial charge in [0.15, 0.2) is 0 Å². The average Bonchev–Trinajstić information content (AvgIpc) is 3.38. The van der Waals surface area contributed by atoms with Crippen molar-refractivity contribution >= 4 is 17.5 Å². The van der Waals surface area contributed by atoms with Gasteiger partial charge in [-0.05, 0) is 43.2 Å². The monoisotopic (exact) mass is 434 g/mol. The Balaban J connectivity index is 1.39. The number of benzene rings is 2.